The molecule has 1 aromatic carbocycles. The maximum Gasteiger partial charge on any atom is 0.330 e. The van der Waals surface area contributed by atoms with E-state index in [1.807, 2.05) is 13.0 Å². The van der Waals surface area contributed by atoms with Crippen LogP contribution in [0.15, 0.2) is 42.0 Å². The molecule has 8 atom stereocenters. The highest BCUT2D eigenvalue weighted by atomic mass is 28.4. The van der Waals surface area contributed by atoms with E-state index in [0.29, 0.717) is 24.7 Å². The van der Waals surface area contributed by atoms with Gasteiger partial charge in [0.1, 0.15) is 12.3 Å². The smallest absolute Gasteiger partial charge is 0.330 e. The molecule has 2 heterocycles. The molecule has 2 saturated heterocycles. The van der Waals surface area contributed by atoms with Gasteiger partial charge in [0.2, 0.25) is 5.91 Å². The summed E-state index contributed by atoms with van der Waals surface area (Å²) in [5, 5.41) is 2.63. The lowest BCUT2D eigenvalue weighted by Gasteiger charge is -2.47. The lowest BCUT2D eigenvalue weighted by atomic mass is 9.85. The number of esters is 1. The third kappa shape index (κ3) is 13.5. The fourth-order valence-corrected chi connectivity index (χ4v) is 9.50. The van der Waals surface area contributed by atoms with Gasteiger partial charge in [-0.1, -0.05) is 30.7 Å². The van der Waals surface area contributed by atoms with Crippen molar-refractivity contribution >= 4 is 36.8 Å². The van der Waals surface area contributed by atoms with Gasteiger partial charge < -0.3 is 32.8 Å². The molecule has 260 valence electrons. The van der Waals surface area contributed by atoms with E-state index in [1.165, 1.54) is 6.08 Å². The van der Waals surface area contributed by atoms with Gasteiger partial charge in [-0.05, 0) is 97.7 Å². The largest absolute Gasteiger partial charge is 0.425 e. The maximum absolute atomic E-state index is 12.7. The van der Waals surface area contributed by atoms with Crippen molar-refractivity contribution in [2.24, 2.45) is 11.8 Å². The highest BCUT2D eigenvalue weighted by Crippen LogP contribution is 2.41. The van der Waals surface area contributed by atoms with Crippen molar-refractivity contribution in [1.82, 2.24) is 5.32 Å². The zero-order chi connectivity index (χ0) is 34.4. The Morgan fingerprint density at radius 2 is 1.52 bits per heavy atom. The van der Waals surface area contributed by atoms with Crippen LogP contribution < -0.4 is 10.1 Å². The number of benzene rings is 1. The number of carbonyl (C=O) groups is 2. The van der Waals surface area contributed by atoms with E-state index in [9.17, 15) is 9.59 Å². The summed E-state index contributed by atoms with van der Waals surface area (Å²) in [6.07, 6.45) is 2.67. The van der Waals surface area contributed by atoms with Gasteiger partial charge in [-0.2, -0.15) is 0 Å². The topological polar surface area (TPSA) is 105 Å². The summed E-state index contributed by atoms with van der Waals surface area (Å²) in [7, 11) is -5.61. The molecule has 0 bridgehead atoms. The van der Waals surface area contributed by atoms with Gasteiger partial charge in [-0.25, -0.2) is 4.79 Å². The Bertz CT molecular complexity index is 1180. The second kappa shape index (κ2) is 16.2. The number of hydrogen-bond donors (Lipinski definition) is 1. The molecule has 0 saturated carbocycles. The number of para-hydroxylation sites is 1. The third-order valence-electron chi connectivity index (χ3n) is 7.90. The monoisotopic (exact) mass is 693 g/mol. The SMILES string of the molecule is C/C(=C\C(=O)NCC(=O)Oc1ccccc1)C[C@@H]1OC[C@H](C[C@@H]2O[C@H]2[C@@H](C)[C@H](C)O[Si](C)(C)C)[C@@H](O[Si](C)(C)C)[C@H]1O[Si](C)(C)C. The molecule has 0 radical (unpaired) electrons. The highest BCUT2D eigenvalue weighted by molar-refractivity contribution is 6.70. The van der Waals surface area contributed by atoms with Gasteiger partial charge in [-0.15, -0.1) is 0 Å². The fraction of sp³-hybridized carbons (Fsp3) is 0.706. The summed E-state index contributed by atoms with van der Waals surface area (Å²) in [4.78, 5) is 24.9. The van der Waals surface area contributed by atoms with Crippen LogP contribution in [-0.2, 0) is 32.3 Å². The van der Waals surface area contributed by atoms with Gasteiger partial charge in [-0.3, -0.25) is 4.79 Å². The molecule has 1 amide bonds. The van der Waals surface area contributed by atoms with Crippen molar-refractivity contribution in [3.05, 3.63) is 42.0 Å². The van der Waals surface area contributed by atoms with Crippen LogP contribution in [0.5, 0.6) is 5.75 Å². The second-order valence-corrected chi connectivity index (χ2v) is 29.3. The number of rotatable bonds is 16. The zero-order valence-electron chi connectivity index (χ0n) is 30.2. The lowest BCUT2D eigenvalue weighted by Crippen LogP contribution is -2.58. The quantitative estimate of drug-likeness (QED) is 0.0685. The highest BCUT2D eigenvalue weighted by Gasteiger charge is 2.51. The minimum atomic E-state index is -2.01. The van der Waals surface area contributed by atoms with Crippen molar-refractivity contribution in [2.45, 2.75) is 129 Å². The average molecular weight is 694 g/mol. The zero-order valence-corrected chi connectivity index (χ0v) is 33.2. The Morgan fingerprint density at radius 3 is 2.11 bits per heavy atom. The first-order valence-corrected chi connectivity index (χ1v) is 26.9. The molecular formula is C34H59NO8Si3. The number of nitrogens with one attached hydrogen (secondary N) is 1. The van der Waals surface area contributed by atoms with Gasteiger partial charge >= 0.3 is 5.97 Å². The molecule has 0 aromatic heterocycles. The number of ether oxygens (including phenoxy) is 3. The molecule has 46 heavy (non-hydrogen) atoms. The molecule has 0 spiro atoms. The first-order valence-electron chi connectivity index (χ1n) is 16.7. The van der Waals surface area contributed by atoms with E-state index < -0.39 is 30.9 Å². The molecule has 2 aliphatic heterocycles. The number of hydrogen-bond acceptors (Lipinski definition) is 8. The summed E-state index contributed by atoms with van der Waals surface area (Å²) in [5.74, 6) is -0.0150. The molecule has 1 aromatic rings. The molecule has 9 nitrogen and oxygen atoms in total. The third-order valence-corrected chi connectivity index (χ3v) is 10.9. The van der Waals surface area contributed by atoms with E-state index in [1.54, 1.807) is 24.3 Å². The van der Waals surface area contributed by atoms with E-state index >= 15 is 0 Å². The van der Waals surface area contributed by atoms with Gasteiger partial charge in [0.05, 0.1) is 37.1 Å². The van der Waals surface area contributed by atoms with Gasteiger partial charge in [0.15, 0.2) is 25.0 Å². The van der Waals surface area contributed by atoms with Crippen LogP contribution in [0, 0.1) is 11.8 Å². The number of carbonyl (C=O) groups excluding carboxylic acids is 2. The molecule has 1 N–H and O–H groups in total. The van der Waals surface area contributed by atoms with E-state index in [2.05, 4.69) is 78.1 Å². The molecule has 2 aliphatic rings. The van der Waals surface area contributed by atoms with Crippen LogP contribution in [0.2, 0.25) is 58.9 Å². The minimum Gasteiger partial charge on any atom is -0.425 e. The Labute approximate surface area is 280 Å². The summed E-state index contributed by atoms with van der Waals surface area (Å²) < 4.78 is 38.2. The summed E-state index contributed by atoms with van der Waals surface area (Å²) in [6, 6.07) is 8.79. The van der Waals surface area contributed by atoms with E-state index in [4.69, 9.17) is 27.5 Å². The van der Waals surface area contributed by atoms with Crippen molar-refractivity contribution in [2.75, 3.05) is 13.2 Å². The van der Waals surface area contributed by atoms with Crippen molar-refractivity contribution < 1.29 is 37.1 Å². The normalized spacial score (nSPS) is 27.1. The van der Waals surface area contributed by atoms with E-state index in [-0.39, 0.29) is 55.0 Å². The molecule has 2 fully saturated rings. The minimum absolute atomic E-state index is 0.128. The molecule has 0 aliphatic carbocycles. The number of epoxide rings is 1. The molecular weight excluding hydrogens is 635 g/mol. The van der Waals surface area contributed by atoms with Gasteiger partial charge in [0, 0.05) is 24.0 Å². The standard InChI is InChI=1S/C34H59NO8Si3/c1-23(19-30(36)35-21-31(37)39-27-16-14-13-15-17-27)18-28-34(43-46(10,11)12)33(42-45(7,8)9)26(22-38-28)20-29-32(40-29)24(2)25(3)41-44(4,5)6/h13-17,19,24-26,28-29,32-34H,18,20-22H2,1-12H3,(H,35,36)/b23-19+/t24-,25-,26-,28-,29-,32-,33+,34-/m0/s1. The van der Waals surface area contributed by atoms with Gasteiger partial charge in [0.25, 0.3) is 0 Å². The summed E-state index contributed by atoms with van der Waals surface area (Å²) in [6.45, 7) is 26.5. The molecule has 12 heteroatoms. The van der Waals surface area contributed by atoms with Crippen LogP contribution in [0.4, 0.5) is 0 Å². The second-order valence-electron chi connectivity index (χ2n) is 15.9. The summed E-state index contributed by atoms with van der Waals surface area (Å²) >= 11 is 0. The van der Waals surface area contributed by atoms with Crippen LogP contribution in [0.3, 0.4) is 0 Å². The summed E-state index contributed by atoms with van der Waals surface area (Å²) in [5.41, 5.74) is 0.837. The van der Waals surface area contributed by atoms with Crippen LogP contribution in [-0.4, -0.2) is 86.6 Å². The Kier molecular flexibility index (Phi) is 13.6. The fourth-order valence-electron chi connectivity index (χ4n) is 5.92. The van der Waals surface area contributed by atoms with Crippen LogP contribution in [0.25, 0.3) is 0 Å². The predicted octanol–water partition coefficient (Wildman–Crippen LogP) is 6.53. The lowest BCUT2D eigenvalue weighted by molar-refractivity contribution is -0.152. The first kappa shape index (κ1) is 38.8. The Balaban J connectivity index is 1.68. The predicted molar refractivity (Wildman–Crippen MR) is 189 cm³/mol. The molecule has 0 unspecified atom stereocenters. The van der Waals surface area contributed by atoms with Crippen molar-refractivity contribution in [3.8, 4) is 5.75 Å². The van der Waals surface area contributed by atoms with Crippen LogP contribution in [0.1, 0.15) is 33.6 Å². The van der Waals surface area contributed by atoms with Crippen molar-refractivity contribution in [1.29, 1.82) is 0 Å². The van der Waals surface area contributed by atoms with Crippen LogP contribution >= 0.6 is 0 Å². The maximum atomic E-state index is 12.7. The first-order chi connectivity index (χ1) is 21.2. The molecule has 3 rings (SSSR count). The Morgan fingerprint density at radius 1 is 0.913 bits per heavy atom. The van der Waals surface area contributed by atoms with E-state index in [0.717, 1.165) is 12.0 Å². The average Bonchev–Trinajstić information content (AvgIpc) is 3.67. The number of amides is 1. The van der Waals surface area contributed by atoms with Crippen molar-refractivity contribution in [3.63, 3.8) is 0 Å². The Hall–Kier alpha value is -1.65.